The summed E-state index contributed by atoms with van der Waals surface area (Å²) < 4.78 is 2.48. The third kappa shape index (κ3) is 5.06. The summed E-state index contributed by atoms with van der Waals surface area (Å²) in [7, 11) is 0. The number of aromatic nitrogens is 4. The van der Waals surface area contributed by atoms with Crippen molar-refractivity contribution in [2.45, 2.75) is 0 Å². The van der Waals surface area contributed by atoms with Gasteiger partial charge >= 0.3 is 0 Å². The third-order valence-electron chi connectivity index (χ3n) is 9.57. The van der Waals surface area contributed by atoms with Gasteiger partial charge in [-0.05, 0) is 76.0 Å². The van der Waals surface area contributed by atoms with Crippen LogP contribution in [0.5, 0.6) is 0 Å². The van der Waals surface area contributed by atoms with Crippen LogP contribution in [0, 0.1) is 0 Å². The van der Waals surface area contributed by atoms with Crippen molar-refractivity contribution in [1.82, 2.24) is 19.9 Å². The number of para-hydroxylation sites is 1. The fraction of sp³-hybridized carbons (Fsp3) is 0. The van der Waals surface area contributed by atoms with Crippen molar-refractivity contribution in [2.75, 3.05) is 0 Å². The zero-order valence-corrected chi connectivity index (χ0v) is 28.2. The van der Waals surface area contributed by atoms with Gasteiger partial charge in [0, 0.05) is 44.4 Å². The van der Waals surface area contributed by atoms with Crippen LogP contribution in [-0.4, -0.2) is 19.9 Å². The Hall–Kier alpha value is -6.56. The molecule has 0 spiro atoms. The smallest absolute Gasteiger partial charge is 0.0900 e. The molecule has 0 aliphatic heterocycles. The van der Waals surface area contributed by atoms with Gasteiger partial charge in [-0.1, -0.05) is 109 Å². The minimum Gasteiger partial charge on any atom is -0.255 e. The Labute approximate surface area is 298 Å². The number of hydrogen-bond acceptors (Lipinski definition) is 5. The topological polar surface area (TPSA) is 51.6 Å². The van der Waals surface area contributed by atoms with Crippen LogP contribution < -0.4 is 0 Å². The van der Waals surface area contributed by atoms with Crippen molar-refractivity contribution in [3.63, 3.8) is 0 Å². The Morgan fingerprint density at radius 2 is 1.04 bits per heavy atom. The minimum absolute atomic E-state index is 0.803. The van der Waals surface area contributed by atoms with Crippen molar-refractivity contribution in [3.05, 3.63) is 170 Å². The molecule has 4 nitrogen and oxygen atoms in total. The molecule has 0 unspecified atom stereocenters. The maximum atomic E-state index is 5.59. The molecule has 5 heterocycles. The Balaban J connectivity index is 1.21. The van der Waals surface area contributed by atoms with Crippen LogP contribution >= 0.6 is 11.3 Å². The summed E-state index contributed by atoms with van der Waals surface area (Å²) >= 11 is 1.83. The quantitative estimate of drug-likeness (QED) is 0.183. The predicted molar refractivity (Wildman–Crippen MR) is 213 cm³/mol. The van der Waals surface area contributed by atoms with Crippen LogP contribution in [0.25, 0.3) is 98.1 Å². The van der Waals surface area contributed by atoms with E-state index in [1.165, 1.54) is 30.9 Å². The second-order valence-electron chi connectivity index (χ2n) is 12.6. The van der Waals surface area contributed by atoms with Gasteiger partial charge in [0.05, 0.1) is 38.7 Å². The maximum absolute atomic E-state index is 5.59. The Kier molecular flexibility index (Phi) is 6.96. The second kappa shape index (κ2) is 12.1. The SMILES string of the molecule is c1ccc(-c2cc(-c3cccc(-c4cccc5c4nc(-c4cccc6ccccc46)c4sc6ccccc6c45)c3)cc(-c3ccccn3)n2)nc1. The molecule has 0 saturated carbocycles. The monoisotopic (exact) mass is 668 g/mol. The summed E-state index contributed by atoms with van der Waals surface area (Å²) in [6.45, 7) is 0. The van der Waals surface area contributed by atoms with Gasteiger partial charge in [-0.15, -0.1) is 11.3 Å². The number of pyridine rings is 4. The lowest BCUT2D eigenvalue weighted by atomic mass is 9.94. The molecule has 5 heteroatoms. The first-order valence-electron chi connectivity index (χ1n) is 17.0. The van der Waals surface area contributed by atoms with Crippen molar-refractivity contribution in [1.29, 1.82) is 0 Å². The number of rotatable bonds is 5. The summed E-state index contributed by atoms with van der Waals surface area (Å²) in [5, 5.41) is 6.09. The third-order valence-corrected chi connectivity index (χ3v) is 10.7. The highest BCUT2D eigenvalue weighted by Gasteiger charge is 2.20. The molecule has 5 aromatic carbocycles. The fourth-order valence-electron chi connectivity index (χ4n) is 7.21. The van der Waals surface area contributed by atoms with E-state index >= 15 is 0 Å². The van der Waals surface area contributed by atoms with E-state index in [2.05, 4.69) is 131 Å². The molecule has 0 bridgehead atoms. The van der Waals surface area contributed by atoms with Crippen LogP contribution in [0.15, 0.2) is 170 Å². The van der Waals surface area contributed by atoms with E-state index in [0.717, 1.165) is 67.2 Å². The molecular formula is C46H28N4S. The van der Waals surface area contributed by atoms with Gasteiger partial charge in [0.2, 0.25) is 0 Å². The Morgan fingerprint density at radius 1 is 0.412 bits per heavy atom. The Morgan fingerprint density at radius 3 is 1.82 bits per heavy atom. The summed E-state index contributed by atoms with van der Waals surface area (Å²) in [6, 6.07) is 55.3. The van der Waals surface area contributed by atoms with E-state index < -0.39 is 0 Å². The summed E-state index contributed by atoms with van der Waals surface area (Å²) in [4.78, 5) is 19.8. The zero-order valence-electron chi connectivity index (χ0n) is 27.4. The van der Waals surface area contributed by atoms with Gasteiger partial charge in [0.1, 0.15) is 0 Å². The summed E-state index contributed by atoms with van der Waals surface area (Å²) in [5.74, 6) is 0. The van der Waals surface area contributed by atoms with Crippen molar-refractivity contribution in [3.8, 4) is 56.3 Å². The normalized spacial score (nSPS) is 11.5. The summed E-state index contributed by atoms with van der Waals surface area (Å²) in [5.41, 5.74) is 10.7. The average Bonchev–Trinajstić information content (AvgIpc) is 3.61. The first kappa shape index (κ1) is 29.4. The lowest BCUT2D eigenvalue weighted by Gasteiger charge is -2.14. The molecule has 5 aromatic heterocycles. The van der Waals surface area contributed by atoms with Gasteiger partial charge in [0.25, 0.3) is 0 Å². The average molecular weight is 669 g/mol. The number of nitrogens with zero attached hydrogens (tertiary/aromatic N) is 4. The van der Waals surface area contributed by atoms with E-state index in [1.54, 1.807) is 12.4 Å². The van der Waals surface area contributed by atoms with Gasteiger partial charge in [0.15, 0.2) is 0 Å². The maximum Gasteiger partial charge on any atom is 0.0900 e. The molecule has 0 N–H and O–H groups in total. The van der Waals surface area contributed by atoms with Gasteiger partial charge in [-0.3, -0.25) is 9.97 Å². The number of benzene rings is 5. The minimum atomic E-state index is 0.803. The molecule has 0 radical (unpaired) electrons. The highest BCUT2D eigenvalue weighted by molar-refractivity contribution is 7.26. The van der Waals surface area contributed by atoms with Crippen molar-refractivity contribution in [2.24, 2.45) is 0 Å². The largest absolute Gasteiger partial charge is 0.255 e. The molecule has 0 atom stereocenters. The zero-order chi connectivity index (χ0) is 33.7. The summed E-state index contributed by atoms with van der Waals surface area (Å²) in [6.07, 6.45) is 3.61. The lowest BCUT2D eigenvalue weighted by Crippen LogP contribution is -1.94. The Bertz CT molecular complexity index is 2850. The molecule has 0 aliphatic carbocycles. The van der Waals surface area contributed by atoms with Crippen molar-refractivity contribution >= 4 is 53.2 Å². The molecule has 51 heavy (non-hydrogen) atoms. The molecule has 0 aliphatic rings. The van der Waals surface area contributed by atoms with Crippen LogP contribution in [0.3, 0.4) is 0 Å². The second-order valence-corrected chi connectivity index (χ2v) is 13.7. The molecule has 0 amide bonds. The van der Waals surface area contributed by atoms with E-state index in [9.17, 15) is 0 Å². The van der Waals surface area contributed by atoms with E-state index in [-0.39, 0.29) is 0 Å². The van der Waals surface area contributed by atoms with Crippen LogP contribution in [0.2, 0.25) is 0 Å². The fourth-order valence-corrected chi connectivity index (χ4v) is 8.43. The van der Waals surface area contributed by atoms with E-state index in [1.807, 2.05) is 47.7 Å². The standard InChI is InChI=1S/C46H28N4S/c1-2-16-33-29(12-1)13-10-19-35(33)45-46-43(36-17-3-4-23-42(36)51-46)37-20-11-18-34(44(37)50-45)31-15-9-14-30(26-31)32-27-40(38-21-5-7-24-47-38)49-41(28-32)39-22-6-8-25-48-39/h1-28H. The number of thiophene rings is 1. The molecule has 0 fully saturated rings. The molecule has 10 aromatic rings. The van der Waals surface area contributed by atoms with E-state index in [0.29, 0.717) is 0 Å². The molecule has 238 valence electrons. The highest BCUT2D eigenvalue weighted by atomic mass is 32.1. The first-order chi connectivity index (χ1) is 25.3. The van der Waals surface area contributed by atoms with Crippen LogP contribution in [-0.2, 0) is 0 Å². The predicted octanol–water partition coefficient (Wildman–Crippen LogP) is 12.3. The van der Waals surface area contributed by atoms with Gasteiger partial charge < -0.3 is 0 Å². The first-order valence-corrected chi connectivity index (χ1v) is 17.8. The van der Waals surface area contributed by atoms with Gasteiger partial charge in [-0.2, -0.15) is 0 Å². The molecule has 0 saturated heterocycles. The number of fused-ring (bicyclic) bond motifs is 6. The van der Waals surface area contributed by atoms with Crippen molar-refractivity contribution < 1.29 is 0 Å². The number of hydrogen-bond donors (Lipinski definition) is 0. The lowest BCUT2D eigenvalue weighted by molar-refractivity contribution is 1.22. The van der Waals surface area contributed by atoms with E-state index in [4.69, 9.17) is 9.97 Å². The molecule has 10 rings (SSSR count). The van der Waals surface area contributed by atoms with Crippen LogP contribution in [0.4, 0.5) is 0 Å². The van der Waals surface area contributed by atoms with Gasteiger partial charge in [-0.25, -0.2) is 9.97 Å². The van der Waals surface area contributed by atoms with Crippen LogP contribution in [0.1, 0.15) is 0 Å². The molecular weight excluding hydrogens is 641 g/mol. The highest BCUT2D eigenvalue weighted by Crippen LogP contribution is 2.45.